The first-order valence-corrected chi connectivity index (χ1v) is 6.19. The highest BCUT2D eigenvalue weighted by Crippen LogP contribution is 2.21. The van der Waals surface area contributed by atoms with Crippen molar-refractivity contribution in [2.24, 2.45) is 0 Å². The van der Waals surface area contributed by atoms with Crippen LogP contribution >= 0.6 is 0 Å². The van der Waals surface area contributed by atoms with E-state index in [2.05, 4.69) is 0 Å². The first-order chi connectivity index (χ1) is 8.61. The lowest BCUT2D eigenvalue weighted by Gasteiger charge is -2.39. The minimum atomic E-state index is -1.38. The quantitative estimate of drug-likeness (QED) is 0.368. The van der Waals surface area contributed by atoms with Gasteiger partial charge in [-0.05, 0) is 12.8 Å². The number of rotatable bonds is 6. The molecule has 0 aromatic heterocycles. The Balaban J connectivity index is 2.41. The van der Waals surface area contributed by atoms with E-state index in [1.54, 1.807) is 0 Å². The Labute approximate surface area is 106 Å². The van der Waals surface area contributed by atoms with Crippen molar-refractivity contribution in [3.8, 4) is 0 Å². The fraction of sp³-hybridized carbons (Fsp3) is 0.833. The van der Waals surface area contributed by atoms with Gasteiger partial charge in [-0.25, -0.2) is 0 Å². The summed E-state index contributed by atoms with van der Waals surface area (Å²) < 4.78 is 10.5. The van der Waals surface area contributed by atoms with Crippen LogP contribution in [0.2, 0.25) is 0 Å². The average molecular weight is 262 g/mol. The van der Waals surface area contributed by atoms with Gasteiger partial charge in [0.25, 0.3) is 0 Å². The fourth-order valence-electron chi connectivity index (χ4n) is 1.74. The van der Waals surface area contributed by atoms with Crippen LogP contribution in [0, 0.1) is 0 Å². The number of allylic oxidation sites excluding steroid dienone is 1. The molecule has 0 amide bonds. The van der Waals surface area contributed by atoms with Crippen molar-refractivity contribution in [1.29, 1.82) is 0 Å². The minimum absolute atomic E-state index is 0.333. The van der Waals surface area contributed by atoms with Crippen molar-refractivity contribution in [2.75, 3.05) is 13.2 Å². The molecule has 0 aliphatic carbocycles. The monoisotopic (exact) mass is 262 g/mol. The minimum Gasteiger partial charge on any atom is -0.394 e. The van der Waals surface area contributed by atoms with Crippen LogP contribution in [0.15, 0.2) is 12.2 Å². The Morgan fingerprint density at radius 2 is 1.83 bits per heavy atom. The molecular formula is C12H22O6. The van der Waals surface area contributed by atoms with Gasteiger partial charge in [0.05, 0.1) is 13.2 Å². The second-order valence-electron chi connectivity index (χ2n) is 4.24. The molecule has 6 nitrogen and oxygen atoms in total. The topological polar surface area (TPSA) is 99.4 Å². The molecule has 1 saturated heterocycles. The average Bonchev–Trinajstić information content (AvgIpc) is 2.38. The smallest absolute Gasteiger partial charge is 0.186 e. The fourth-order valence-corrected chi connectivity index (χ4v) is 1.74. The van der Waals surface area contributed by atoms with E-state index in [9.17, 15) is 15.3 Å². The lowest BCUT2D eigenvalue weighted by molar-refractivity contribution is -0.300. The van der Waals surface area contributed by atoms with E-state index >= 15 is 0 Å². The van der Waals surface area contributed by atoms with Gasteiger partial charge >= 0.3 is 0 Å². The summed E-state index contributed by atoms with van der Waals surface area (Å²) in [4.78, 5) is 0. The largest absolute Gasteiger partial charge is 0.394 e. The van der Waals surface area contributed by atoms with Crippen LogP contribution in [0.3, 0.4) is 0 Å². The second-order valence-corrected chi connectivity index (χ2v) is 4.24. The van der Waals surface area contributed by atoms with Crippen LogP contribution in [-0.4, -0.2) is 64.3 Å². The molecule has 1 aliphatic rings. The molecule has 0 aromatic carbocycles. The molecule has 5 atom stereocenters. The van der Waals surface area contributed by atoms with Gasteiger partial charge in [-0.3, -0.25) is 0 Å². The third-order valence-electron chi connectivity index (χ3n) is 2.82. The van der Waals surface area contributed by atoms with E-state index in [-0.39, 0.29) is 0 Å². The van der Waals surface area contributed by atoms with E-state index in [1.165, 1.54) is 0 Å². The van der Waals surface area contributed by atoms with Gasteiger partial charge in [0.1, 0.15) is 24.4 Å². The molecule has 0 spiro atoms. The summed E-state index contributed by atoms with van der Waals surface area (Å²) in [6.07, 6.45) is -0.436. The summed E-state index contributed by atoms with van der Waals surface area (Å²) >= 11 is 0. The first kappa shape index (κ1) is 15.6. The van der Waals surface area contributed by atoms with Crippen LogP contribution in [0.25, 0.3) is 0 Å². The number of aliphatic hydroxyl groups excluding tert-OH is 4. The molecule has 1 fully saturated rings. The van der Waals surface area contributed by atoms with Crippen LogP contribution < -0.4 is 0 Å². The number of ether oxygens (including phenoxy) is 2. The van der Waals surface area contributed by atoms with Crippen molar-refractivity contribution in [3.63, 3.8) is 0 Å². The Morgan fingerprint density at radius 1 is 1.11 bits per heavy atom. The summed E-state index contributed by atoms with van der Waals surface area (Å²) in [6.45, 7) is 1.91. The molecule has 0 bridgehead atoms. The zero-order valence-electron chi connectivity index (χ0n) is 10.5. The van der Waals surface area contributed by atoms with Crippen LogP contribution in [0.4, 0.5) is 0 Å². The molecule has 4 N–H and O–H groups in total. The summed E-state index contributed by atoms with van der Waals surface area (Å²) in [5.41, 5.74) is 0. The highest BCUT2D eigenvalue weighted by molar-refractivity contribution is 4.89. The molecule has 18 heavy (non-hydrogen) atoms. The molecule has 1 heterocycles. The van der Waals surface area contributed by atoms with Crippen molar-refractivity contribution >= 4 is 0 Å². The molecule has 106 valence electrons. The van der Waals surface area contributed by atoms with Gasteiger partial charge in [-0.15, -0.1) is 0 Å². The Kier molecular flexibility index (Phi) is 6.77. The molecular weight excluding hydrogens is 240 g/mol. The summed E-state index contributed by atoms with van der Waals surface area (Å²) in [7, 11) is 0. The van der Waals surface area contributed by atoms with E-state index in [4.69, 9.17) is 14.6 Å². The van der Waals surface area contributed by atoms with Gasteiger partial charge < -0.3 is 29.9 Å². The van der Waals surface area contributed by atoms with Gasteiger partial charge in [-0.1, -0.05) is 19.1 Å². The van der Waals surface area contributed by atoms with Gasteiger partial charge in [0.15, 0.2) is 6.29 Å². The summed E-state index contributed by atoms with van der Waals surface area (Å²) in [5.74, 6) is 0. The van der Waals surface area contributed by atoms with Crippen molar-refractivity contribution in [3.05, 3.63) is 12.2 Å². The second kappa shape index (κ2) is 7.83. The van der Waals surface area contributed by atoms with E-state index in [1.807, 2.05) is 19.1 Å². The highest BCUT2D eigenvalue weighted by Gasteiger charge is 2.43. The maximum Gasteiger partial charge on any atom is 0.186 e. The maximum atomic E-state index is 9.66. The first-order valence-electron chi connectivity index (χ1n) is 6.19. The van der Waals surface area contributed by atoms with Crippen molar-refractivity contribution in [1.82, 2.24) is 0 Å². The third kappa shape index (κ3) is 4.01. The Hall–Kier alpha value is -0.500. The molecule has 0 unspecified atom stereocenters. The molecule has 6 heteroatoms. The SMILES string of the molecule is CC/C=C/CCO[C@@H]1O[C@H](CO)[C@@H](O)[C@H](O)[C@H]1O. The number of aliphatic hydroxyl groups is 4. The zero-order chi connectivity index (χ0) is 13.5. The predicted molar refractivity (Wildman–Crippen MR) is 63.8 cm³/mol. The van der Waals surface area contributed by atoms with Gasteiger partial charge in [0.2, 0.25) is 0 Å². The van der Waals surface area contributed by atoms with Crippen LogP contribution in [0.5, 0.6) is 0 Å². The highest BCUT2D eigenvalue weighted by atomic mass is 16.7. The van der Waals surface area contributed by atoms with Gasteiger partial charge in [0, 0.05) is 0 Å². The Bertz CT molecular complexity index is 255. The number of hydrogen-bond donors (Lipinski definition) is 4. The van der Waals surface area contributed by atoms with Gasteiger partial charge in [-0.2, -0.15) is 0 Å². The summed E-state index contributed by atoms with van der Waals surface area (Å²) in [5, 5.41) is 37.7. The van der Waals surface area contributed by atoms with Crippen LogP contribution in [0.1, 0.15) is 19.8 Å². The standard InChI is InChI=1S/C12H22O6/c1-2-3-4-5-6-17-12-11(16)10(15)9(14)8(7-13)18-12/h3-4,8-16H,2,5-7H2,1H3/b4-3+/t8-,9-,10+,11-,12-/m1/s1. The van der Waals surface area contributed by atoms with Crippen molar-refractivity contribution in [2.45, 2.75) is 50.5 Å². The van der Waals surface area contributed by atoms with Crippen molar-refractivity contribution < 1.29 is 29.9 Å². The zero-order valence-corrected chi connectivity index (χ0v) is 10.5. The number of hydrogen-bond acceptors (Lipinski definition) is 6. The molecule has 0 radical (unpaired) electrons. The molecule has 1 rings (SSSR count). The molecule has 0 saturated carbocycles. The molecule has 0 aromatic rings. The Morgan fingerprint density at radius 3 is 2.44 bits per heavy atom. The lowest BCUT2D eigenvalue weighted by Crippen LogP contribution is -2.59. The third-order valence-corrected chi connectivity index (χ3v) is 2.82. The van der Waals surface area contributed by atoms with Crippen LogP contribution in [-0.2, 0) is 9.47 Å². The normalized spacial score (nSPS) is 37.3. The van der Waals surface area contributed by atoms with E-state index < -0.39 is 37.3 Å². The lowest BCUT2D eigenvalue weighted by atomic mass is 9.99. The van der Waals surface area contributed by atoms with E-state index in [0.29, 0.717) is 13.0 Å². The van der Waals surface area contributed by atoms with E-state index in [0.717, 1.165) is 6.42 Å². The molecule has 1 aliphatic heterocycles. The summed E-state index contributed by atoms with van der Waals surface area (Å²) in [6, 6.07) is 0. The predicted octanol–water partition coefficient (Wildman–Crippen LogP) is -0.841. The maximum absolute atomic E-state index is 9.66.